The van der Waals surface area contributed by atoms with Crippen molar-refractivity contribution >= 4 is 53.4 Å². The van der Waals surface area contributed by atoms with Gasteiger partial charge in [-0.05, 0) is 42.0 Å². The molecule has 0 saturated heterocycles. The molecular formula is C23H24BrN3O5S. The fraction of sp³-hybridized carbons (Fsp3) is 0.217. The van der Waals surface area contributed by atoms with E-state index in [1.807, 2.05) is 30.3 Å². The second-order valence-electron chi connectivity index (χ2n) is 7.74. The van der Waals surface area contributed by atoms with Crippen LogP contribution in [0, 0.1) is 0 Å². The molecule has 1 aromatic heterocycles. The van der Waals surface area contributed by atoms with Crippen LogP contribution in [0.25, 0.3) is 21.8 Å². The van der Waals surface area contributed by atoms with E-state index in [0.717, 1.165) is 38.3 Å². The summed E-state index contributed by atoms with van der Waals surface area (Å²) in [4.78, 5) is 3.40. The maximum Gasteiger partial charge on any atom is 0.229 e. The van der Waals surface area contributed by atoms with E-state index in [4.69, 9.17) is 4.74 Å². The number of benzene rings is 3. The summed E-state index contributed by atoms with van der Waals surface area (Å²) < 4.78 is 31.9. The first-order valence-electron chi connectivity index (χ1n) is 10.2. The lowest BCUT2D eigenvalue weighted by atomic mass is 10.1. The quantitative estimate of drug-likeness (QED) is 0.164. The number of aliphatic hydroxyl groups excluding tert-OH is 1. The number of sulfonamides is 1. The summed E-state index contributed by atoms with van der Waals surface area (Å²) in [6, 6.07) is 16.3. The number of H-pyrrole nitrogens is 1. The van der Waals surface area contributed by atoms with Gasteiger partial charge in [0.2, 0.25) is 10.0 Å². The lowest BCUT2D eigenvalue weighted by Crippen LogP contribution is -2.26. The molecule has 1 atom stereocenters. The second kappa shape index (κ2) is 9.60. The van der Waals surface area contributed by atoms with E-state index in [2.05, 4.69) is 37.0 Å². The molecule has 0 bridgehead atoms. The average Bonchev–Trinajstić information content (AvgIpc) is 3.10. The van der Waals surface area contributed by atoms with Crippen molar-refractivity contribution in [3.05, 3.63) is 64.6 Å². The molecule has 0 fully saturated rings. The van der Waals surface area contributed by atoms with Crippen LogP contribution in [0.1, 0.15) is 11.7 Å². The Kier molecular flexibility index (Phi) is 6.80. The molecule has 0 aliphatic carbocycles. The van der Waals surface area contributed by atoms with Gasteiger partial charge in [0, 0.05) is 39.9 Å². The lowest BCUT2D eigenvalue weighted by molar-refractivity contribution is 0.172. The molecule has 174 valence electrons. The minimum atomic E-state index is -3.54. The van der Waals surface area contributed by atoms with Gasteiger partial charge in [0.15, 0.2) is 0 Å². The second-order valence-corrected chi connectivity index (χ2v) is 10.4. The Balaban J connectivity index is 1.30. The number of halogens is 1. The summed E-state index contributed by atoms with van der Waals surface area (Å²) in [6.07, 6.45) is 0.110. The fourth-order valence-corrected chi connectivity index (χ4v) is 4.52. The molecule has 0 saturated carbocycles. The van der Waals surface area contributed by atoms with Crippen molar-refractivity contribution in [2.75, 3.05) is 30.7 Å². The topological polar surface area (TPSA) is 124 Å². The molecule has 0 radical (unpaired) electrons. The molecule has 0 aliphatic rings. The number of phenols is 1. The zero-order valence-corrected chi connectivity index (χ0v) is 20.2. The third-order valence-corrected chi connectivity index (χ3v) is 6.20. The number of rotatable bonds is 9. The van der Waals surface area contributed by atoms with E-state index in [0.29, 0.717) is 18.7 Å². The number of aromatic amines is 1. The Morgan fingerprint density at radius 3 is 2.55 bits per heavy atom. The molecule has 10 heteroatoms. The van der Waals surface area contributed by atoms with Crippen molar-refractivity contribution < 1.29 is 23.4 Å². The van der Waals surface area contributed by atoms with Gasteiger partial charge in [-0.1, -0.05) is 28.1 Å². The third-order valence-electron chi connectivity index (χ3n) is 5.12. The predicted octanol–water partition coefficient (Wildman–Crippen LogP) is 3.86. The van der Waals surface area contributed by atoms with Crippen LogP contribution in [-0.2, 0) is 10.0 Å². The summed E-state index contributed by atoms with van der Waals surface area (Å²) in [5.74, 6) is 0.530. The van der Waals surface area contributed by atoms with E-state index < -0.39 is 16.1 Å². The first-order chi connectivity index (χ1) is 15.7. The lowest BCUT2D eigenvalue weighted by Gasteiger charge is -2.15. The van der Waals surface area contributed by atoms with Gasteiger partial charge in [0.1, 0.15) is 18.1 Å². The van der Waals surface area contributed by atoms with Crippen molar-refractivity contribution in [3.63, 3.8) is 0 Å². The monoisotopic (exact) mass is 533 g/mol. The number of hydrogen-bond donors (Lipinski definition) is 5. The van der Waals surface area contributed by atoms with Crippen LogP contribution in [0.15, 0.2) is 59.1 Å². The van der Waals surface area contributed by atoms with Gasteiger partial charge >= 0.3 is 0 Å². The number of ether oxygens (including phenoxy) is 1. The highest BCUT2D eigenvalue weighted by atomic mass is 79.9. The Hall–Kier alpha value is -2.79. The van der Waals surface area contributed by atoms with Gasteiger partial charge in [0.05, 0.1) is 23.6 Å². The van der Waals surface area contributed by atoms with Crippen molar-refractivity contribution in [1.29, 1.82) is 0 Å². The van der Waals surface area contributed by atoms with Gasteiger partial charge in [-0.15, -0.1) is 0 Å². The van der Waals surface area contributed by atoms with Gasteiger partial charge in [0.25, 0.3) is 0 Å². The number of nitrogens with one attached hydrogen (secondary N) is 3. The van der Waals surface area contributed by atoms with Crippen LogP contribution in [-0.4, -0.2) is 49.6 Å². The molecule has 0 aliphatic heterocycles. The van der Waals surface area contributed by atoms with E-state index in [1.165, 1.54) is 12.1 Å². The molecule has 0 amide bonds. The highest BCUT2D eigenvalue weighted by molar-refractivity contribution is 9.10. The normalized spacial score (nSPS) is 12.8. The van der Waals surface area contributed by atoms with E-state index in [9.17, 15) is 18.6 Å². The summed E-state index contributed by atoms with van der Waals surface area (Å²) in [5.41, 5.74) is 2.55. The SMILES string of the molecule is CS(=O)(=O)Nc1cc([C@@H](O)CNCCOc2ccc3c(c2)[nH]c2cc(Br)ccc23)ccc1O. The Labute approximate surface area is 199 Å². The van der Waals surface area contributed by atoms with Crippen molar-refractivity contribution in [1.82, 2.24) is 10.3 Å². The van der Waals surface area contributed by atoms with Crippen molar-refractivity contribution in [3.8, 4) is 11.5 Å². The molecule has 8 nitrogen and oxygen atoms in total. The number of aliphatic hydroxyl groups is 1. The molecule has 33 heavy (non-hydrogen) atoms. The summed E-state index contributed by atoms with van der Waals surface area (Å²) >= 11 is 3.49. The standard InChI is InChI=1S/C23H24BrN3O5S/c1-33(30,31)27-21-10-14(2-7-22(21)28)23(29)13-25-8-9-32-16-4-6-18-17-5-3-15(24)11-19(17)26-20(18)12-16/h2-7,10-12,23,25-29H,8-9,13H2,1H3/t23-/m0/s1. The number of aromatic hydroxyl groups is 1. The van der Waals surface area contributed by atoms with Gasteiger partial charge in [-0.3, -0.25) is 4.72 Å². The van der Waals surface area contributed by atoms with E-state index in [1.54, 1.807) is 6.07 Å². The zero-order chi connectivity index (χ0) is 23.6. The third kappa shape index (κ3) is 5.77. The van der Waals surface area contributed by atoms with Crippen LogP contribution >= 0.6 is 15.9 Å². The highest BCUT2D eigenvalue weighted by Crippen LogP contribution is 2.30. The van der Waals surface area contributed by atoms with Crippen LogP contribution < -0.4 is 14.8 Å². The maximum atomic E-state index is 11.4. The molecule has 5 N–H and O–H groups in total. The first kappa shape index (κ1) is 23.4. The van der Waals surface area contributed by atoms with Crippen molar-refractivity contribution in [2.45, 2.75) is 6.10 Å². The van der Waals surface area contributed by atoms with E-state index in [-0.39, 0.29) is 18.0 Å². The highest BCUT2D eigenvalue weighted by Gasteiger charge is 2.13. The number of phenolic OH excluding ortho intramolecular Hbond substituents is 1. The molecule has 1 heterocycles. The summed E-state index contributed by atoms with van der Waals surface area (Å²) in [7, 11) is -3.54. The average molecular weight is 534 g/mol. The number of aromatic nitrogens is 1. The molecule has 4 aromatic rings. The molecular weight excluding hydrogens is 510 g/mol. The van der Waals surface area contributed by atoms with E-state index >= 15 is 0 Å². The summed E-state index contributed by atoms with van der Waals surface area (Å²) in [5, 5.41) is 25.6. The number of fused-ring (bicyclic) bond motifs is 3. The van der Waals surface area contributed by atoms with Crippen LogP contribution in [0.2, 0.25) is 0 Å². The predicted molar refractivity (Wildman–Crippen MR) is 133 cm³/mol. The smallest absolute Gasteiger partial charge is 0.229 e. The molecule has 0 spiro atoms. The molecule has 4 rings (SSSR count). The first-order valence-corrected chi connectivity index (χ1v) is 12.9. The van der Waals surface area contributed by atoms with Crippen LogP contribution in [0.5, 0.6) is 11.5 Å². The molecule has 0 unspecified atom stereocenters. The zero-order valence-electron chi connectivity index (χ0n) is 17.8. The number of anilines is 1. The van der Waals surface area contributed by atoms with Crippen LogP contribution in [0.3, 0.4) is 0 Å². The van der Waals surface area contributed by atoms with Gasteiger partial charge in [-0.2, -0.15) is 0 Å². The Morgan fingerprint density at radius 2 is 1.79 bits per heavy atom. The number of hydrogen-bond acceptors (Lipinski definition) is 6. The fourth-order valence-electron chi connectivity index (χ4n) is 3.59. The Morgan fingerprint density at radius 1 is 1.06 bits per heavy atom. The molecule has 3 aromatic carbocycles. The minimum Gasteiger partial charge on any atom is -0.506 e. The summed E-state index contributed by atoms with van der Waals surface area (Å²) in [6.45, 7) is 1.14. The largest absolute Gasteiger partial charge is 0.506 e. The van der Waals surface area contributed by atoms with Gasteiger partial charge in [-0.25, -0.2) is 8.42 Å². The van der Waals surface area contributed by atoms with Crippen molar-refractivity contribution in [2.24, 2.45) is 0 Å². The minimum absolute atomic E-state index is 0.0251. The Bertz CT molecular complexity index is 1400. The maximum absolute atomic E-state index is 11.4. The van der Waals surface area contributed by atoms with Gasteiger partial charge < -0.3 is 25.3 Å². The van der Waals surface area contributed by atoms with Crippen LogP contribution in [0.4, 0.5) is 5.69 Å².